The van der Waals surface area contributed by atoms with Gasteiger partial charge in [-0.1, -0.05) is 0 Å². The highest BCUT2D eigenvalue weighted by Gasteiger charge is 2.27. The molecule has 0 heterocycles. The molecule has 0 aromatic heterocycles. The molecular formula is C8H16F3NO2. The second-order valence-corrected chi connectivity index (χ2v) is 2.98. The van der Waals surface area contributed by atoms with E-state index >= 15 is 0 Å². The van der Waals surface area contributed by atoms with Gasteiger partial charge >= 0.3 is 6.18 Å². The first-order valence-corrected chi connectivity index (χ1v) is 4.34. The number of rotatable bonds is 7. The van der Waals surface area contributed by atoms with Crippen molar-refractivity contribution >= 4 is 0 Å². The number of halogens is 3. The van der Waals surface area contributed by atoms with Crippen LogP contribution < -0.4 is 5.73 Å². The van der Waals surface area contributed by atoms with Gasteiger partial charge in [-0.2, -0.15) is 13.2 Å². The molecular weight excluding hydrogens is 199 g/mol. The molecule has 0 spiro atoms. The third kappa shape index (κ3) is 9.76. The van der Waals surface area contributed by atoms with Gasteiger partial charge in [0.15, 0.2) is 0 Å². The van der Waals surface area contributed by atoms with Gasteiger partial charge in [-0.15, -0.1) is 0 Å². The number of hydrogen-bond acceptors (Lipinski definition) is 3. The topological polar surface area (TPSA) is 44.5 Å². The van der Waals surface area contributed by atoms with Gasteiger partial charge in [-0.25, -0.2) is 0 Å². The molecule has 0 rings (SSSR count). The highest BCUT2D eigenvalue weighted by molar-refractivity contribution is 4.63. The van der Waals surface area contributed by atoms with E-state index in [2.05, 4.69) is 0 Å². The van der Waals surface area contributed by atoms with E-state index < -0.39 is 18.6 Å². The summed E-state index contributed by atoms with van der Waals surface area (Å²) in [4.78, 5) is 0. The van der Waals surface area contributed by atoms with Crippen molar-refractivity contribution in [2.45, 2.75) is 25.1 Å². The van der Waals surface area contributed by atoms with E-state index in [1.807, 2.05) is 0 Å². The van der Waals surface area contributed by atoms with Crippen molar-refractivity contribution in [1.82, 2.24) is 0 Å². The number of alkyl halides is 3. The van der Waals surface area contributed by atoms with Crippen molar-refractivity contribution < 1.29 is 22.6 Å². The SMILES string of the molecule is COCCOCC(N)CCC(F)(F)F. The lowest BCUT2D eigenvalue weighted by atomic mass is 10.2. The summed E-state index contributed by atoms with van der Waals surface area (Å²) in [6.07, 6.45) is -5.09. The number of methoxy groups -OCH3 is 1. The van der Waals surface area contributed by atoms with Gasteiger partial charge in [0, 0.05) is 19.6 Å². The van der Waals surface area contributed by atoms with Gasteiger partial charge in [0.05, 0.1) is 19.8 Å². The molecule has 0 aliphatic heterocycles. The van der Waals surface area contributed by atoms with Crippen LogP contribution in [0.25, 0.3) is 0 Å². The Kier molecular flexibility index (Phi) is 6.86. The van der Waals surface area contributed by atoms with E-state index in [-0.39, 0.29) is 13.0 Å². The molecule has 1 unspecified atom stereocenters. The van der Waals surface area contributed by atoms with Gasteiger partial charge in [0.25, 0.3) is 0 Å². The summed E-state index contributed by atoms with van der Waals surface area (Å²) in [5.74, 6) is 0. The molecule has 0 saturated heterocycles. The Morgan fingerprint density at radius 1 is 1.29 bits per heavy atom. The van der Waals surface area contributed by atoms with Crippen molar-refractivity contribution in [1.29, 1.82) is 0 Å². The third-order valence-corrected chi connectivity index (χ3v) is 1.56. The van der Waals surface area contributed by atoms with Crippen LogP contribution in [0.5, 0.6) is 0 Å². The van der Waals surface area contributed by atoms with Gasteiger partial charge in [0.2, 0.25) is 0 Å². The first-order valence-electron chi connectivity index (χ1n) is 4.34. The van der Waals surface area contributed by atoms with Gasteiger partial charge in [0.1, 0.15) is 0 Å². The fourth-order valence-electron chi connectivity index (χ4n) is 0.809. The lowest BCUT2D eigenvalue weighted by Gasteiger charge is -2.13. The summed E-state index contributed by atoms with van der Waals surface area (Å²) in [7, 11) is 1.52. The highest BCUT2D eigenvalue weighted by Crippen LogP contribution is 2.21. The first kappa shape index (κ1) is 13.7. The van der Waals surface area contributed by atoms with Crippen LogP contribution >= 0.6 is 0 Å². The second-order valence-electron chi connectivity index (χ2n) is 2.98. The molecule has 0 aromatic rings. The molecule has 6 heteroatoms. The molecule has 86 valence electrons. The Hall–Kier alpha value is -0.330. The summed E-state index contributed by atoms with van der Waals surface area (Å²) < 4.78 is 44.9. The molecule has 14 heavy (non-hydrogen) atoms. The van der Waals surface area contributed by atoms with Crippen molar-refractivity contribution in [3.63, 3.8) is 0 Å². The van der Waals surface area contributed by atoms with E-state index in [1.54, 1.807) is 0 Å². The quantitative estimate of drug-likeness (QED) is 0.651. The van der Waals surface area contributed by atoms with E-state index in [4.69, 9.17) is 15.2 Å². The second kappa shape index (κ2) is 7.03. The van der Waals surface area contributed by atoms with E-state index in [9.17, 15) is 13.2 Å². The zero-order valence-corrected chi connectivity index (χ0v) is 8.14. The molecule has 0 aliphatic carbocycles. The van der Waals surface area contributed by atoms with Crippen LogP contribution in [0.1, 0.15) is 12.8 Å². The van der Waals surface area contributed by atoms with Crippen molar-refractivity contribution in [2.75, 3.05) is 26.9 Å². The van der Waals surface area contributed by atoms with Crippen molar-refractivity contribution in [2.24, 2.45) is 5.73 Å². The lowest BCUT2D eigenvalue weighted by Crippen LogP contribution is -2.28. The van der Waals surface area contributed by atoms with E-state index in [0.717, 1.165) is 0 Å². The van der Waals surface area contributed by atoms with Crippen molar-refractivity contribution in [3.8, 4) is 0 Å². The third-order valence-electron chi connectivity index (χ3n) is 1.56. The normalized spacial score (nSPS) is 14.4. The molecule has 1 atom stereocenters. The summed E-state index contributed by atoms with van der Waals surface area (Å²) in [5.41, 5.74) is 5.40. The Labute approximate surface area is 81.4 Å². The minimum Gasteiger partial charge on any atom is -0.382 e. The van der Waals surface area contributed by atoms with Crippen LogP contribution in [0.2, 0.25) is 0 Å². The predicted molar refractivity (Wildman–Crippen MR) is 46.0 cm³/mol. The maximum Gasteiger partial charge on any atom is 0.389 e. The van der Waals surface area contributed by atoms with E-state index in [1.165, 1.54) is 7.11 Å². The molecule has 0 bridgehead atoms. The molecule has 0 aromatic carbocycles. The maximum atomic E-state index is 11.7. The Bertz CT molecular complexity index is 141. The standard InChI is InChI=1S/C8H16F3NO2/c1-13-4-5-14-6-7(12)2-3-8(9,10)11/h7H,2-6,12H2,1H3. The van der Waals surface area contributed by atoms with Crippen molar-refractivity contribution in [3.05, 3.63) is 0 Å². The summed E-state index contributed by atoms with van der Waals surface area (Å²) in [6.45, 7) is 0.918. The smallest absolute Gasteiger partial charge is 0.382 e. The average molecular weight is 215 g/mol. The Morgan fingerprint density at radius 3 is 2.43 bits per heavy atom. The fraction of sp³-hybridized carbons (Fsp3) is 1.00. The largest absolute Gasteiger partial charge is 0.389 e. The highest BCUT2D eigenvalue weighted by atomic mass is 19.4. The zero-order chi connectivity index (χ0) is 11.0. The zero-order valence-electron chi connectivity index (χ0n) is 8.14. The summed E-state index contributed by atoms with van der Waals surface area (Å²) >= 11 is 0. The number of nitrogens with two attached hydrogens (primary N) is 1. The molecule has 0 aliphatic rings. The van der Waals surface area contributed by atoms with Crippen LogP contribution in [-0.4, -0.2) is 39.1 Å². The van der Waals surface area contributed by atoms with Crippen LogP contribution in [-0.2, 0) is 9.47 Å². The maximum absolute atomic E-state index is 11.7. The Morgan fingerprint density at radius 2 is 1.93 bits per heavy atom. The molecule has 0 amide bonds. The fourth-order valence-corrected chi connectivity index (χ4v) is 0.809. The first-order chi connectivity index (χ1) is 6.45. The Balaban J connectivity index is 3.32. The van der Waals surface area contributed by atoms with Gasteiger partial charge in [-0.3, -0.25) is 0 Å². The monoisotopic (exact) mass is 215 g/mol. The summed E-state index contributed by atoms with van der Waals surface area (Å²) in [6, 6.07) is -0.562. The number of ether oxygens (including phenoxy) is 2. The molecule has 0 radical (unpaired) electrons. The van der Waals surface area contributed by atoms with E-state index in [0.29, 0.717) is 13.2 Å². The van der Waals surface area contributed by atoms with Gasteiger partial charge in [-0.05, 0) is 6.42 Å². The average Bonchev–Trinajstić information content (AvgIpc) is 2.08. The molecule has 3 nitrogen and oxygen atoms in total. The van der Waals surface area contributed by atoms with Crippen LogP contribution in [0.15, 0.2) is 0 Å². The van der Waals surface area contributed by atoms with Gasteiger partial charge < -0.3 is 15.2 Å². The van der Waals surface area contributed by atoms with Crippen LogP contribution in [0, 0.1) is 0 Å². The van der Waals surface area contributed by atoms with Crippen LogP contribution in [0.3, 0.4) is 0 Å². The molecule has 0 saturated carbocycles. The minimum absolute atomic E-state index is 0.101. The molecule has 0 fully saturated rings. The lowest BCUT2D eigenvalue weighted by molar-refractivity contribution is -0.136. The number of hydrogen-bond donors (Lipinski definition) is 1. The minimum atomic E-state index is -4.13. The van der Waals surface area contributed by atoms with Crippen LogP contribution in [0.4, 0.5) is 13.2 Å². The summed E-state index contributed by atoms with van der Waals surface area (Å²) in [5, 5.41) is 0. The predicted octanol–water partition coefficient (Wildman–Crippen LogP) is 1.32. The molecule has 2 N–H and O–H groups in total.